The SMILES string of the molecule is CCN(C(=O)C(Cc1ccccc1)NC(=O)NS(=O)(=O)c1ccccc1C)c1ccc(OC(F)(F)F)cc1.[HH].[HH]. The molecule has 0 aliphatic rings. The fraction of sp³-hybridized carbons (Fsp3) is 0.231. The number of likely N-dealkylation sites (N-methyl/N-ethyl adjacent to an activating group) is 1. The molecule has 0 radical (unpaired) electrons. The lowest BCUT2D eigenvalue weighted by atomic mass is 10.0. The second-order valence-electron chi connectivity index (χ2n) is 8.21. The summed E-state index contributed by atoms with van der Waals surface area (Å²) in [5.74, 6) is -1.05. The molecule has 12 heteroatoms. The Hall–Kier alpha value is -4.06. The first-order valence-electron chi connectivity index (χ1n) is 11.5. The number of hydrogen-bond donors (Lipinski definition) is 2. The van der Waals surface area contributed by atoms with Gasteiger partial charge in [-0.05, 0) is 55.3 Å². The molecule has 3 rings (SSSR count). The highest BCUT2D eigenvalue weighted by Crippen LogP contribution is 2.26. The fourth-order valence-electron chi connectivity index (χ4n) is 3.75. The smallest absolute Gasteiger partial charge is 0.406 e. The molecule has 3 aromatic rings. The molecule has 0 bridgehead atoms. The Kier molecular flexibility index (Phi) is 9.00. The van der Waals surface area contributed by atoms with E-state index in [0.717, 1.165) is 12.1 Å². The van der Waals surface area contributed by atoms with Gasteiger partial charge in [0.15, 0.2) is 0 Å². The summed E-state index contributed by atoms with van der Waals surface area (Å²) in [5.41, 5.74) is 1.39. The minimum atomic E-state index is -4.86. The van der Waals surface area contributed by atoms with Crippen molar-refractivity contribution in [2.45, 2.75) is 37.6 Å². The average molecular weight is 554 g/mol. The lowest BCUT2D eigenvalue weighted by Gasteiger charge is -2.27. The van der Waals surface area contributed by atoms with E-state index >= 15 is 0 Å². The van der Waals surface area contributed by atoms with Crippen molar-refractivity contribution in [1.29, 1.82) is 0 Å². The highest BCUT2D eigenvalue weighted by molar-refractivity contribution is 7.90. The van der Waals surface area contributed by atoms with Crippen LogP contribution in [-0.4, -0.2) is 39.3 Å². The Morgan fingerprint density at radius 3 is 2.16 bits per heavy atom. The largest absolute Gasteiger partial charge is 0.573 e. The molecule has 1 unspecified atom stereocenters. The van der Waals surface area contributed by atoms with Gasteiger partial charge in [0.25, 0.3) is 10.0 Å². The Morgan fingerprint density at radius 2 is 1.58 bits per heavy atom. The lowest BCUT2D eigenvalue weighted by Crippen LogP contribution is -2.53. The monoisotopic (exact) mass is 553 g/mol. The van der Waals surface area contributed by atoms with E-state index in [0.29, 0.717) is 11.1 Å². The molecule has 206 valence electrons. The molecular weight excluding hydrogens is 523 g/mol. The van der Waals surface area contributed by atoms with Crippen molar-refractivity contribution >= 4 is 27.6 Å². The van der Waals surface area contributed by atoms with Crippen molar-refractivity contribution in [2.75, 3.05) is 11.4 Å². The Balaban J connectivity index is 0.00000400. The van der Waals surface area contributed by atoms with Gasteiger partial charge in [-0.25, -0.2) is 17.9 Å². The van der Waals surface area contributed by atoms with Crippen LogP contribution in [-0.2, 0) is 21.2 Å². The number of hydrogen-bond acceptors (Lipinski definition) is 5. The van der Waals surface area contributed by atoms with E-state index in [4.69, 9.17) is 0 Å². The average Bonchev–Trinajstić information content (AvgIpc) is 2.84. The molecule has 8 nitrogen and oxygen atoms in total. The van der Waals surface area contributed by atoms with Crippen LogP contribution < -0.4 is 19.7 Å². The predicted octanol–water partition coefficient (Wildman–Crippen LogP) is 5.04. The molecule has 0 heterocycles. The summed E-state index contributed by atoms with van der Waals surface area (Å²) >= 11 is 0. The van der Waals surface area contributed by atoms with Crippen molar-refractivity contribution in [2.24, 2.45) is 0 Å². The van der Waals surface area contributed by atoms with Crippen LogP contribution in [0.5, 0.6) is 5.75 Å². The van der Waals surface area contributed by atoms with Gasteiger partial charge in [-0.2, -0.15) is 0 Å². The number of halogens is 3. The first-order valence-corrected chi connectivity index (χ1v) is 13.0. The molecular formula is C26H30F3N3O5S. The summed E-state index contributed by atoms with van der Waals surface area (Å²) in [6.45, 7) is 3.35. The first-order chi connectivity index (χ1) is 17.9. The number of nitrogens with one attached hydrogen (secondary N) is 2. The maximum atomic E-state index is 13.5. The van der Waals surface area contributed by atoms with Crippen molar-refractivity contribution in [3.8, 4) is 5.75 Å². The van der Waals surface area contributed by atoms with Gasteiger partial charge in [0.1, 0.15) is 11.8 Å². The summed E-state index contributed by atoms with van der Waals surface area (Å²) in [4.78, 5) is 27.5. The third-order valence-electron chi connectivity index (χ3n) is 5.46. The Morgan fingerprint density at radius 1 is 0.974 bits per heavy atom. The van der Waals surface area contributed by atoms with E-state index in [-0.39, 0.29) is 26.4 Å². The second kappa shape index (κ2) is 12.0. The van der Waals surface area contributed by atoms with Gasteiger partial charge >= 0.3 is 12.4 Å². The minimum absolute atomic E-state index is 0. The van der Waals surface area contributed by atoms with Crippen LogP contribution in [0.4, 0.5) is 23.7 Å². The van der Waals surface area contributed by atoms with E-state index in [1.165, 1.54) is 29.2 Å². The van der Waals surface area contributed by atoms with Gasteiger partial charge in [-0.1, -0.05) is 48.5 Å². The number of anilines is 1. The summed E-state index contributed by atoms with van der Waals surface area (Å²) in [6.07, 6.45) is -4.83. The second-order valence-corrected chi connectivity index (χ2v) is 9.86. The molecule has 3 amide bonds. The highest BCUT2D eigenvalue weighted by Gasteiger charge is 2.32. The molecule has 38 heavy (non-hydrogen) atoms. The molecule has 2 N–H and O–H groups in total. The highest BCUT2D eigenvalue weighted by atomic mass is 32.2. The molecule has 3 aromatic carbocycles. The van der Waals surface area contributed by atoms with E-state index in [2.05, 4.69) is 10.1 Å². The summed E-state index contributed by atoms with van der Waals surface area (Å²) in [6, 6.07) is 17.3. The number of benzene rings is 3. The quantitative estimate of drug-likeness (QED) is 0.387. The number of nitrogens with zero attached hydrogens (tertiary/aromatic N) is 1. The zero-order chi connectivity index (χ0) is 27.9. The lowest BCUT2D eigenvalue weighted by molar-refractivity contribution is -0.274. The molecule has 1 atom stereocenters. The van der Waals surface area contributed by atoms with Gasteiger partial charge in [-0.15, -0.1) is 13.2 Å². The van der Waals surface area contributed by atoms with E-state index in [9.17, 15) is 31.2 Å². The molecule has 0 spiro atoms. The normalized spacial score (nSPS) is 12.3. The predicted molar refractivity (Wildman–Crippen MR) is 139 cm³/mol. The molecule has 0 aromatic heterocycles. The van der Waals surface area contributed by atoms with Gasteiger partial charge < -0.3 is 15.0 Å². The fourth-order valence-corrected chi connectivity index (χ4v) is 4.92. The molecule has 0 fully saturated rings. The number of aryl methyl sites for hydroxylation is 1. The van der Waals surface area contributed by atoms with Crippen LogP contribution in [0.15, 0.2) is 83.8 Å². The van der Waals surface area contributed by atoms with Crippen LogP contribution in [0.2, 0.25) is 0 Å². The first kappa shape index (κ1) is 28.5. The number of ether oxygens (including phenoxy) is 1. The number of carbonyl (C=O) groups is 2. The maximum absolute atomic E-state index is 13.5. The van der Waals surface area contributed by atoms with Gasteiger partial charge in [0.05, 0.1) is 4.90 Å². The molecule has 0 aliphatic carbocycles. The molecule has 0 saturated carbocycles. The van der Waals surface area contributed by atoms with Crippen molar-refractivity contribution in [3.63, 3.8) is 0 Å². The van der Waals surface area contributed by atoms with Crippen molar-refractivity contribution in [1.82, 2.24) is 10.0 Å². The van der Waals surface area contributed by atoms with Crippen LogP contribution in [0.1, 0.15) is 20.9 Å². The van der Waals surface area contributed by atoms with Crippen LogP contribution in [0.25, 0.3) is 0 Å². The zero-order valence-corrected chi connectivity index (χ0v) is 21.3. The third-order valence-corrected chi connectivity index (χ3v) is 6.95. The third kappa shape index (κ3) is 7.72. The topological polar surface area (TPSA) is 105 Å². The number of alkyl halides is 3. The number of amides is 3. The van der Waals surface area contributed by atoms with Crippen molar-refractivity contribution in [3.05, 3.63) is 90.0 Å². The van der Waals surface area contributed by atoms with Crippen LogP contribution in [0.3, 0.4) is 0 Å². The maximum Gasteiger partial charge on any atom is 0.573 e. The molecule has 0 saturated heterocycles. The Bertz CT molecular complexity index is 1380. The Labute approximate surface area is 221 Å². The number of rotatable bonds is 9. The van der Waals surface area contributed by atoms with E-state index < -0.39 is 40.1 Å². The number of carbonyl (C=O) groups excluding carboxylic acids is 2. The van der Waals surface area contributed by atoms with Crippen LogP contribution >= 0.6 is 0 Å². The van der Waals surface area contributed by atoms with Gasteiger partial charge in [0.2, 0.25) is 5.91 Å². The number of urea groups is 1. The zero-order valence-electron chi connectivity index (χ0n) is 20.5. The molecule has 0 aliphatic heterocycles. The summed E-state index contributed by atoms with van der Waals surface area (Å²) in [5, 5.41) is 2.44. The van der Waals surface area contributed by atoms with Crippen LogP contribution in [0, 0.1) is 6.92 Å². The standard InChI is InChI=1S/C26H26F3N3O5S.2H2/c1-3-32(20-13-15-21(16-14-20)37-26(27,28)29)24(33)22(17-19-10-5-4-6-11-19)30-25(34)31-38(35,36)23-12-8-7-9-18(23)2;;/h4-16,22H,3,17H2,1-2H3,(H2,30,31,34);2*1H. The van der Waals surface area contributed by atoms with Gasteiger partial charge in [-0.3, -0.25) is 4.79 Å². The van der Waals surface area contributed by atoms with E-state index in [1.54, 1.807) is 56.3 Å². The van der Waals surface area contributed by atoms with Gasteiger partial charge in [0, 0.05) is 21.5 Å². The summed E-state index contributed by atoms with van der Waals surface area (Å²) in [7, 11) is -4.22. The van der Waals surface area contributed by atoms with E-state index in [1.807, 2.05) is 4.72 Å². The number of sulfonamides is 1. The van der Waals surface area contributed by atoms with Crippen molar-refractivity contribution < 1.29 is 38.8 Å². The summed E-state index contributed by atoms with van der Waals surface area (Å²) < 4.78 is 68.8. The minimum Gasteiger partial charge on any atom is -0.406 e.